The summed E-state index contributed by atoms with van der Waals surface area (Å²) in [4.78, 5) is 0. The Kier molecular flexibility index (Phi) is 5.58. The van der Waals surface area contributed by atoms with Crippen molar-refractivity contribution in [2.24, 2.45) is 22.7 Å². The number of phosphoric ester groups is 2. The van der Waals surface area contributed by atoms with Crippen LogP contribution in [0.4, 0.5) is 0 Å². The Morgan fingerprint density at radius 1 is 0.720 bits per heavy atom. The van der Waals surface area contributed by atoms with Crippen molar-refractivity contribution in [2.45, 2.75) is 34.1 Å². The van der Waals surface area contributed by atoms with Gasteiger partial charge >= 0.3 is 15.6 Å². The SMILES string of the molecule is CC(C)C12COP(=O)(OC1)OC2.CC(C)CC12COP(=O)(OC1)OC2. The molecule has 6 saturated heterocycles. The summed E-state index contributed by atoms with van der Waals surface area (Å²) in [5, 5.41) is 0. The van der Waals surface area contributed by atoms with Crippen LogP contribution in [0.15, 0.2) is 0 Å². The fraction of sp³-hybridized carbons (Fsp3) is 1.00. The zero-order chi connectivity index (χ0) is 18.3. The molecule has 0 spiro atoms. The van der Waals surface area contributed by atoms with Crippen LogP contribution in [0.2, 0.25) is 0 Å². The summed E-state index contributed by atoms with van der Waals surface area (Å²) in [5.74, 6) is 0.998. The zero-order valence-corrected chi connectivity index (χ0v) is 17.1. The zero-order valence-electron chi connectivity index (χ0n) is 15.3. The van der Waals surface area contributed by atoms with Crippen LogP contribution in [0.3, 0.4) is 0 Å². The van der Waals surface area contributed by atoms with Crippen LogP contribution in [0.1, 0.15) is 34.1 Å². The van der Waals surface area contributed by atoms with E-state index in [1.807, 2.05) is 0 Å². The minimum absolute atomic E-state index is 0.0552. The molecule has 6 aliphatic heterocycles. The predicted octanol–water partition coefficient (Wildman–Crippen LogP) is 4.02. The van der Waals surface area contributed by atoms with Crippen molar-refractivity contribution in [3.05, 3.63) is 0 Å². The molecule has 8 nitrogen and oxygen atoms in total. The summed E-state index contributed by atoms with van der Waals surface area (Å²) in [6.07, 6.45) is 0.993. The van der Waals surface area contributed by atoms with Gasteiger partial charge in [0.25, 0.3) is 0 Å². The summed E-state index contributed by atoms with van der Waals surface area (Å²) in [6.45, 7) is 11.5. The Hall–Kier alpha value is 0.220. The molecule has 0 N–H and O–H groups in total. The van der Waals surface area contributed by atoms with Gasteiger partial charge < -0.3 is 0 Å². The number of hydrogen-bond donors (Lipinski definition) is 0. The van der Waals surface area contributed by atoms with E-state index in [9.17, 15) is 9.13 Å². The molecule has 0 atom stereocenters. The van der Waals surface area contributed by atoms with E-state index in [0.29, 0.717) is 51.5 Å². The number of fused-ring (bicyclic) bond motifs is 6. The van der Waals surface area contributed by atoms with Crippen LogP contribution in [0.25, 0.3) is 0 Å². The third-order valence-electron chi connectivity index (χ3n) is 5.18. The molecule has 4 bridgehead atoms. The van der Waals surface area contributed by atoms with Crippen molar-refractivity contribution < 1.29 is 36.3 Å². The molecule has 10 heteroatoms. The minimum Gasteiger partial charge on any atom is -0.286 e. The fourth-order valence-electron chi connectivity index (χ4n) is 3.29. The molecular weight excluding hydrogens is 370 g/mol. The maximum absolute atomic E-state index is 11.4. The van der Waals surface area contributed by atoms with E-state index in [4.69, 9.17) is 27.1 Å². The summed E-state index contributed by atoms with van der Waals surface area (Å²) < 4.78 is 53.1. The molecule has 6 heterocycles. The van der Waals surface area contributed by atoms with Gasteiger partial charge in [0.15, 0.2) is 0 Å². The monoisotopic (exact) mass is 398 g/mol. The van der Waals surface area contributed by atoms with Gasteiger partial charge in [-0.05, 0) is 18.3 Å². The average Bonchev–Trinajstić information content (AvgIpc) is 2.57. The lowest BCUT2D eigenvalue weighted by molar-refractivity contribution is -0.115. The summed E-state index contributed by atoms with van der Waals surface area (Å²) >= 11 is 0. The van der Waals surface area contributed by atoms with Gasteiger partial charge in [0.1, 0.15) is 0 Å². The van der Waals surface area contributed by atoms with Crippen molar-refractivity contribution in [3.63, 3.8) is 0 Å². The van der Waals surface area contributed by atoms with Crippen LogP contribution >= 0.6 is 15.6 Å². The molecule has 6 aliphatic rings. The second-order valence-electron chi connectivity index (χ2n) is 8.15. The van der Waals surface area contributed by atoms with Gasteiger partial charge in [0.2, 0.25) is 0 Å². The largest absolute Gasteiger partial charge is 0.474 e. The Bertz CT molecular complexity index is 528. The van der Waals surface area contributed by atoms with Crippen LogP contribution in [-0.2, 0) is 36.3 Å². The summed E-state index contributed by atoms with van der Waals surface area (Å²) in [6, 6.07) is 0. The highest BCUT2D eigenvalue weighted by molar-refractivity contribution is 7.48. The lowest BCUT2D eigenvalue weighted by Crippen LogP contribution is -2.48. The second-order valence-corrected chi connectivity index (χ2v) is 11.5. The van der Waals surface area contributed by atoms with E-state index in [2.05, 4.69) is 27.7 Å². The first-order valence-corrected chi connectivity index (χ1v) is 11.6. The molecule has 25 heavy (non-hydrogen) atoms. The van der Waals surface area contributed by atoms with Gasteiger partial charge in [0.05, 0.1) is 39.6 Å². The molecule has 0 aromatic carbocycles. The standard InChI is InChI=1S/C8H15O4P.C7H13O4P/c1-7(2)3-8-4-10-13(9,11-5-8)12-6-8;1-6(2)7-3-9-12(8,10-4-7)11-5-7/h7H,3-6H2,1-2H3;6H,3-5H2,1-2H3. The van der Waals surface area contributed by atoms with E-state index in [0.717, 1.165) is 6.42 Å². The smallest absolute Gasteiger partial charge is 0.286 e. The normalized spacial score (nSPS) is 45.5. The lowest BCUT2D eigenvalue weighted by Gasteiger charge is -2.46. The van der Waals surface area contributed by atoms with Gasteiger partial charge in [-0.1, -0.05) is 27.7 Å². The fourth-order valence-corrected chi connectivity index (χ4v) is 6.28. The van der Waals surface area contributed by atoms with Crippen molar-refractivity contribution in [3.8, 4) is 0 Å². The molecule has 0 aromatic rings. The van der Waals surface area contributed by atoms with Crippen LogP contribution in [0.5, 0.6) is 0 Å². The Balaban J connectivity index is 0.000000146. The van der Waals surface area contributed by atoms with Gasteiger partial charge in [0, 0.05) is 10.8 Å². The molecule has 0 unspecified atom stereocenters. The molecule has 0 aromatic heterocycles. The highest BCUT2D eigenvalue weighted by atomic mass is 31.2. The van der Waals surface area contributed by atoms with E-state index >= 15 is 0 Å². The van der Waals surface area contributed by atoms with Crippen molar-refractivity contribution in [1.29, 1.82) is 0 Å². The maximum Gasteiger partial charge on any atom is 0.474 e. The molecule has 6 fully saturated rings. The van der Waals surface area contributed by atoms with Crippen molar-refractivity contribution in [1.82, 2.24) is 0 Å². The summed E-state index contributed by atoms with van der Waals surface area (Å²) in [5.41, 5.74) is -0.132. The van der Waals surface area contributed by atoms with E-state index in [1.54, 1.807) is 0 Å². The first-order valence-electron chi connectivity index (χ1n) is 8.67. The Morgan fingerprint density at radius 3 is 1.40 bits per heavy atom. The molecule has 0 aliphatic carbocycles. The Labute approximate surface area is 149 Å². The number of rotatable bonds is 3. The predicted molar refractivity (Wildman–Crippen MR) is 90.1 cm³/mol. The molecule has 0 radical (unpaired) electrons. The van der Waals surface area contributed by atoms with E-state index in [-0.39, 0.29) is 10.8 Å². The molecular formula is C15H28O8P2. The molecule has 0 saturated carbocycles. The van der Waals surface area contributed by atoms with E-state index < -0.39 is 15.6 Å². The van der Waals surface area contributed by atoms with Gasteiger partial charge in [-0.3, -0.25) is 27.1 Å². The number of phosphoric acid groups is 2. The first-order chi connectivity index (χ1) is 11.6. The average molecular weight is 398 g/mol. The maximum atomic E-state index is 11.4. The molecule has 0 amide bonds. The van der Waals surface area contributed by atoms with Gasteiger partial charge in [-0.15, -0.1) is 0 Å². The molecule has 146 valence electrons. The van der Waals surface area contributed by atoms with Crippen LogP contribution in [0, 0.1) is 22.7 Å². The third kappa shape index (κ3) is 4.22. The highest BCUT2D eigenvalue weighted by Gasteiger charge is 2.52. The van der Waals surface area contributed by atoms with Crippen molar-refractivity contribution >= 4 is 15.6 Å². The van der Waals surface area contributed by atoms with Gasteiger partial charge in [-0.2, -0.15) is 0 Å². The second kappa shape index (κ2) is 6.99. The van der Waals surface area contributed by atoms with Crippen LogP contribution in [-0.4, -0.2) is 39.6 Å². The lowest BCUT2D eigenvalue weighted by atomic mass is 9.79. The first kappa shape index (κ1) is 20.0. The highest BCUT2D eigenvalue weighted by Crippen LogP contribution is 2.62. The van der Waals surface area contributed by atoms with Crippen LogP contribution < -0.4 is 0 Å². The number of hydrogen-bond acceptors (Lipinski definition) is 8. The Morgan fingerprint density at radius 2 is 1.08 bits per heavy atom. The van der Waals surface area contributed by atoms with Gasteiger partial charge in [-0.25, -0.2) is 9.13 Å². The van der Waals surface area contributed by atoms with Crippen molar-refractivity contribution in [2.75, 3.05) is 39.6 Å². The third-order valence-corrected chi connectivity index (χ3v) is 7.85. The summed E-state index contributed by atoms with van der Waals surface area (Å²) in [7, 11) is -6.22. The minimum atomic E-state index is -3.11. The topological polar surface area (TPSA) is 89.5 Å². The molecule has 6 rings (SSSR count). The van der Waals surface area contributed by atoms with E-state index in [1.165, 1.54) is 0 Å². The quantitative estimate of drug-likeness (QED) is 0.659.